The van der Waals surface area contributed by atoms with E-state index in [1.54, 1.807) is 23.1 Å². The number of carbonyl (C=O) groups is 1. The van der Waals surface area contributed by atoms with E-state index in [-0.39, 0.29) is 0 Å². The third-order valence-electron chi connectivity index (χ3n) is 1.87. The van der Waals surface area contributed by atoms with Crippen LogP contribution in [0.3, 0.4) is 0 Å². The molecule has 2 rings (SSSR count). The van der Waals surface area contributed by atoms with Crippen LogP contribution in [-0.4, -0.2) is 21.1 Å². The molecule has 0 fully saturated rings. The van der Waals surface area contributed by atoms with Crippen LogP contribution in [0.25, 0.3) is 5.69 Å². The minimum atomic E-state index is 0.428. The van der Waals surface area contributed by atoms with Crippen LogP contribution in [0.2, 0.25) is 0 Å². The molecule has 2 heterocycles. The van der Waals surface area contributed by atoms with Gasteiger partial charge in [-0.15, -0.1) is 0 Å². The lowest BCUT2D eigenvalue weighted by Gasteiger charge is -1.99. The van der Waals surface area contributed by atoms with E-state index in [9.17, 15) is 4.79 Å². The Morgan fingerprint density at radius 1 is 1.36 bits per heavy atom. The van der Waals surface area contributed by atoms with E-state index in [4.69, 9.17) is 0 Å². The zero-order valence-corrected chi connectivity index (χ0v) is 7.71. The van der Waals surface area contributed by atoms with Crippen molar-refractivity contribution in [3.63, 3.8) is 0 Å². The summed E-state index contributed by atoms with van der Waals surface area (Å²) in [6.07, 6.45) is 6.01. The predicted octanol–water partition coefficient (Wildman–Crippen LogP) is 1.39. The maximum Gasteiger partial charge on any atom is 0.168 e. The number of nitrogens with zero attached hydrogens (tertiary/aromatic N) is 3. The normalized spacial score (nSPS) is 10.1. The molecular formula is C10H9N3O. The molecule has 70 valence electrons. The quantitative estimate of drug-likeness (QED) is 0.667. The lowest BCUT2D eigenvalue weighted by molar-refractivity contribution is 0.111. The Labute approximate surface area is 81.2 Å². The molecular weight excluding hydrogens is 178 g/mol. The van der Waals surface area contributed by atoms with Crippen molar-refractivity contribution >= 4 is 6.29 Å². The highest BCUT2D eigenvalue weighted by molar-refractivity contribution is 5.71. The molecule has 14 heavy (non-hydrogen) atoms. The second-order valence-electron chi connectivity index (χ2n) is 3.02. The van der Waals surface area contributed by atoms with Gasteiger partial charge in [0.2, 0.25) is 0 Å². The molecule has 0 aliphatic rings. The van der Waals surface area contributed by atoms with E-state index in [0.29, 0.717) is 5.69 Å². The van der Waals surface area contributed by atoms with Crippen molar-refractivity contribution in [2.24, 2.45) is 0 Å². The Morgan fingerprint density at radius 3 is 2.71 bits per heavy atom. The number of rotatable bonds is 2. The summed E-state index contributed by atoms with van der Waals surface area (Å²) < 4.78 is 1.72. The molecule has 0 saturated heterocycles. The Bertz CT molecular complexity index is 445. The second-order valence-corrected chi connectivity index (χ2v) is 3.02. The van der Waals surface area contributed by atoms with E-state index in [0.717, 1.165) is 17.5 Å². The van der Waals surface area contributed by atoms with Crippen LogP contribution < -0.4 is 0 Å². The van der Waals surface area contributed by atoms with E-state index < -0.39 is 0 Å². The number of pyridine rings is 1. The minimum Gasteiger partial charge on any atom is -0.296 e. The van der Waals surface area contributed by atoms with Crippen molar-refractivity contribution in [3.05, 3.63) is 42.0 Å². The Hall–Kier alpha value is -1.97. The van der Waals surface area contributed by atoms with Crippen LogP contribution in [0.5, 0.6) is 0 Å². The van der Waals surface area contributed by atoms with Gasteiger partial charge in [0.05, 0.1) is 18.1 Å². The lowest BCUT2D eigenvalue weighted by atomic mass is 10.3. The number of aryl methyl sites for hydroxylation is 1. The largest absolute Gasteiger partial charge is 0.296 e. The summed E-state index contributed by atoms with van der Waals surface area (Å²) in [5, 5.41) is 4.13. The number of hydrogen-bond donors (Lipinski definition) is 0. The highest BCUT2D eigenvalue weighted by Crippen LogP contribution is 2.06. The summed E-state index contributed by atoms with van der Waals surface area (Å²) in [6, 6.07) is 3.47. The molecule has 0 aliphatic carbocycles. The molecule has 0 atom stereocenters. The van der Waals surface area contributed by atoms with Gasteiger partial charge in [-0.25, -0.2) is 4.68 Å². The minimum absolute atomic E-state index is 0.428. The number of hydrogen-bond acceptors (Lipinski definition) is 3. The van der Waals surface area contributed by atoms with Gasteiger partial charge in [0.15, 0.2) is 6.29 Å². The topological polar surface area (TPSA) is 47.8 Å². The van der Waals surface area contributed by atoms with Crippen LogP contribution in [0, 0.1) is 6.92 Å². The summed E-state index contributed by atoms with van der Waals surface area (Å²) in [6.45, 7) is 1.97. The van der Waals surface area contributed by atoms with Gasteiger partial charge in [0, 0.05) is 6.20 Å². The fourth-order valence-corrected chi connectivity index (χ4v) is 1.16. The van der Waals surface area contributed by atoms with E-state index >= 15 is 0 Å². The first kappa shape index (κ1) is 8.62. The number of carbonyl (C=O) groups excluding carboxylic acids is 1. The maximum atomic E-state index is 10.4. The molecule has 0 spiro atoms. The fraction of sp³-hybridized carbons (Fsp3) is 0.100. The molecule has 0 saturated carbocycles. The molecule has 4 nitrogen and oxygen atoms in total. The first-order valence-corrected chi connectivity index (χ1v) is 4.22. The monoisotopic (exact) mass is 187 g/mol. The average Bonchev–Trinajstić information content (AvgIpc) is 2.65. The summed E-state index contributed by atoms with van der Waals surface area (Å²) in [5.41, 5.74) is 2.37. The van der Waals surface area contributed by atoms with Gasteiger partial charge in [-0.1, -0.05) is 0 Å². The van der Waals surface area contributed by atoms with Crippen molar-refractivity contribution in [1.82, 2.24) is 14.8 Å². The van der Waals surface area contributed by atoms with Gasteiger partial charge in [0.1, 0.15) is 5.69 Å². The molecule has 2 aromatic rings. The smallest absolute Gasteiger partial charge is 0.168 e. The third kappa shape index (κ3) is 1.54. The summed E-state index contributed by atoms with van der Waals surface area (Å²) in [5.74, 6) is 0. The van der Waals surface area contributed by atoms with Crippen LogP contribution in [0.15, 0.2) is 30.7 Å². The van der Waals surface area contributed by atoms with Gasteiger partial charge in [0.25, 0.3) is 0 Å². The van der Waals surface area contributed by atoms with Crippen molar-refractivity contribution < 1.29 is 4.79 Å². The molecule has 0 unspecified atom stereocenters. The highest BCUT2D eigenvalue weighted by atomic mass is 16.1. The number of aromatic nitrogens is 3. The fourth-order valence-electron chi connectivity index (χ4n) is 1.16. The molecule has 4 heteroatoms. The van der Waals surface area contributed by atoms with E-state index in [2.05, 4.69) is 10.1 Å². The Balaban J connectivity index is 2.38. The number of aldehydes is 1. The molecule has 0 amide bonds. The molecule has 0 N–H and O–H groups in total. The third-order valence-corrected chi connectivity index (χ3v) is 1.87. The highest BCUT2D eigenvalue weighted by Gasteiger charge is 1.98. The standard InChI is InChI=1S/C10H9N3O/c1-8-4-12-13(6-8)10-3-2-9(7-14)11-5-10/h2-7H,1H3. The van der Waals surface area contributed by atoms with E-state index in [1.807, 2.05) is 19.2 Å². The second kappa shape index (κ2) is 3.41. The van der Waals surface area contributed by atoms with Crippen molar-refractivity contribution in [2.75, 3.05) is 0 Å². The molecule has 0 aromatic carbocycles. The zero-order valence-electron chi connectivity index (χ0n) is 7.71. The SMILES string of the molecule is Cc1cnn(-c2ccc(C=O)nc2)c1. The van der Waals surface area contributed by atoms with Gasteiger partial charge < -0.3 is 0 Å². The lowest BCUT2D eigenvalue weighted by Crippen LogP contribution is -1.96. The van der Waals surface area contributed by atoms with Gasteiger partial charge in [-0.05, 0) is 24.6 Å². The predicted molar refractivity (Wildman–Crippen MR) is 51.5 cm³/mol. The molecule has 0 aliphatic heterocycles. The van der Waals surface area contributed by atoms with Crippen molar-refractivity contribution in [2.45, 2.75) is 6.92 Å². The van der Waals surface area contributed by atoms with Crippen LogP contribution in [0.4, 0.5) is 0 Å². The summed E-state index contributed by atoms with van der Waals surface area (Å²) in [7, 11) is 0. The van der Waals surface area contributed by atoms with Gasteiger partial charge in [-0.2, -0.15) is 5.10 Å². The maximum absolute atomic E-state index is 10.4. The first-order chi connectivity index (χ1) is 6.79. The van der Waals surface area contributed by atoms with E-state index in [1.165, 1.54) is 0 Å². The summed E-state index contributed by atoms with van der Waals surface area (Å²) in [4.78, 5) is 14.3. The van der Waals surface area contributed by atoms with Crippen molar-refractivity contribution in [3.8, 4) is 5.69 Å². The first-order valence-electron chi connectivity index (χ1n) is 4.22. The zero-order chi connectivity index (χ0) is 9.97. The summed E-state index contributed by atoms with van der Waals surface area (Å²) >= 11 is 0. The van der Waals surface area contributed by atoms with Gasteiger partial charge >= 0.3 is 0 Å². The van der Waals surface area contributed by atoms with Crippen molar-refractivity contribution in [1.29, 1.82) is 0 Å². The Morgan fingerprint density at radius 2 is 2.21 bits per heavy atom. The van der Waals surface area contributed by atoms with Crippen LogP contribution in [0.1, 0.15) is 16.1 Å². The average molecular weight is 187 g/mol. The van der Waals surface area contributed by atoms with Crippen LogP contribution >= 0.6 is 0 Å². The molecule has 0 bridgehead atoms. The molecule has 2 aromatic heterocycles. The van der Waals surface area contributed by atoms with Gasteiger partial charge in [-0.3, -0.25) is 9.78 Å². The molecule has 0 radical (unpaired) electrons. The van der Waals surface area contributed by atoms with Crippen LogP contribution in [-0.2, 0) is 0 Å². The Kier molecular flexibility index (Phi) is 2.10.